The van der Waals surface area contributed by atoms with Crippen LogP contribution in [0, 0.1) is 5.92 Å². The number of ether oxygens (including phenoxy) is 1. The first-order chi connectivity index (χ1) is 4.74. The van der Waals surface area contributed by atoms with Crippen molar-refractivity contribution in [2.24, 2.45) is 5.92 Å². The maximum atomic E-state index is 10.9. The highest BCUT2D eigenvalue weighted by atomic mass is 16.5. The molecule has 0 radical (unpaired) electrons. The lowest BCUT2D eigenvalue weighted by atomic mass is 9.99. The minimum atomic E-state index is -0.0156. The lowest BCUT2D eigenvalue weighted by Crippen LogP contribution is -2.28. The summed E-state index contributed by atoms with van der Waals surface area (Å²) in [5.74, 6) is 0.112. The van der Waals surface area contributed by atoms with E-state index in [1.807, 2.05) is 13.8 Å². The van der Waals surface area contributed by atoms with Gasteiger partial charge in [-0.05, 0) is 19.3 Å². The van der Waals surface area contributed by atoms with E-state index in [1.54, 1.807) is 0 Å². The van der Waals surface area contributed by atoms with Gasteiger partial charge < -0.3 is 4.74 Å². The van der Waals surface area contributed by atoms with Crippen molar-refractivity contribution in [1.29, 1.82) is 0 Å². The van der Waals surface area contributed by atoms with Crippen molar-refractivity contribution in [2.75, 3.05) is 0 Å². The lowest BCUT2D eigenvalue weighted by molar-refractivity contribution is -0.159. The molecule has 0 N–H and O–H groups in total. The van der Waals surface area contributed by atoms with Gasteiger partial charge in [0, 0.05) is 0 Å². The van der Waals surface area contributed by atoms with Gasteiger partial charge >= 0.3 is 5.97 Å². The number of esters is 1. The van der Waals surface area contributed by atoms with Crippen LogP contribution < -0.4 is 0 Å². The van der Waals surface area contributed by atoms with Crippen LogP contribution in [-0.4, -0.2) is 12.1 Å². The Morgan fingerprint density at radius 1 is 1.60 bits per heavy atom. The maximum absolute atomic E-state index is 10.9. The highest BCUT2D eigenvalue weighted by Crippen LogP contribution is 2.20. The fraction of sp³-hybridized carbons (Fsp3) is 0.875. The van der Waals surface area contributed by atoms with Crippen LogP contribution in [-0.2, 0) is 9.53 Å². The third-order valence-corrected chi connectivity index (χ3v) is 2.06. The molecule has 0 aromatic rings. The SMILES string of the molecule is CCC1CCC(C)C(=O)O1. The summed E-state index contributed by atoms with van der Waals surface area (Å²) in [5.41, 5.74) is 0. The Morgan fingerprint density at radius 3 is 2.80 bits per heavy atom. The van der Waals surface area contributed by atoms with Crippen molar-refractivity contribution in [1.82, 2.24) is 0 Å². The van der Waals surface area contributed by atoms with Gasteiger partial charge in [-0.3, -0.25) is 4.79 Å². The summed E-state index contributed by atoms with van der Waals surface area (Å²) in [6.45, 7) is 3.97. The second-order valence-corrected chi connectivity index (χ2v) is 2.95. The lowest BCUT2D eigenvalue weighted by Gasteiger charge is -2.24. The molecule has 10 heavy (non-hydrogen) atoms. The molecule has 1 aliphatic rings. The Hall–Kier alpha value is -0.530. The zero-order chi connectivity index (χ0) is 7.56. The van der Waals surface area contributed by atoms with Crippen molar-refractivity contribution in [2.45, 2.75) is 39.2 Å². The summed E-state index contributed by atoms with van der Waals surface area (Å²) in [5, 5.41) is 0. The molecule has 1 heterocycles. The predicted molar refractivity (Wildman–Crippen MR) is 38.6 cm³/mol. The molecule has 1 rings (SSSR count). The smallest absolute Gasteiger partial charge is 0.308 e. The molecule has 0 saturated carbocycles. The molecule has 1 fully saturated rings. The largest absolute Gasteiger partial charge is 0.462 e. The molecule has 58 valence electrons. The fourth-order valence-electron chi connectivity index (χ4n) is 1.18. The van der Waals surface area contributed by atoms with Crippen LogP contribution >= 0.6 is 0 Å². The molecule has 1 saturated heterocycles. The number of carbonyl (C=O) groups excluding carboxylic acids is 1. The third kappa shape index (κ3) is 1.49. The minimum Gasteiger partial charge on any atom is -0.462 e. The summed E-state index contributed by atoms with van der Waals surface area (Å²) < 4.78 is 5.11. The molecule has 2 heteroatoms. The van der Waals surface area contributed by atoms with Gasteiger partial charge in [0.1, 0.15) is 6.10 Å². The quantitative estimate of drug-likeness (QED) is 0.521. The first-order valence-corrected chi connectivity index (χ1v) is 3.94. The van der Waals surface area contributed by atoms with Crippen LogP contribution in [0.1, 0.15) is 33.1 Å². The number of hydrogen-bond donors (Lipinski definition) is 0. The molecule has 1 aliphatic heterocycles. The molecule has 0 bridgehead atoms. The number of hydrogen-bond acceptors (Lipinski definition) is 2. The van der Waals surface area contributed by atoms with E-state index in [4.69, 9.17) is 4.74 Å². The highest BCUT2D eigenvalue weighted by molar-refractivity contribution is 5.72. The summed E-state index contributed by atoms with van der Waals surface area (Å²) in [4.78, 5) is 10.9. The Morgan fingerprint density at radius 2 is 2.30 bits per heavy atom. The van der Waals surface area contributed by atoms with Gasteiger partial charge in [0.25, 0.3) is 0 Å². The van der Waals surface area contributed by atoms with Crippen molar-refractivity contribution in [3.8, 4) is 0 Å². The van der Waals surface area contributed by atoms with E-state index < -0.39 is 0 Å². The maximum Gasteiger partial charge on any atom is 0.308 e. The minimum absolute atomic E-state index is 0.0156. The number of rotatable bonds is 1. The van der Waals surface area contributed by atoms with Gasteiger partial charge in [0.2, 0.25) is 0 Å². The van der Waals surface area contributed by atoms with Gasteiger partial charge in [-0.15, -0.1) is 0 Å². The van der Waals surface area contributed by atoms with Crippen LogP contribution in [0.15, 0.2) is 0 Å². The molecule has 2 nitrogen and oxygen atoms in total. The highest BCUT2D eigenvalue weighted by Gasteiger charge is 2.24. The van der Waals surface area contributed by atoms with E-state index in [1.165, 1.54) is 0 Å². The van der Waals surface area contributed by atoms with Crippen molar-refractivity contribution < 1.29 is 9.53 Å². The molecular formula is C8H14O2. The van der Waals surface area contributed by atoms with Crippen molar-refractivity contribution in [3.63, 3.8) is 0 Å². The Kier molecular flexibility index (Phi) is 2.30. The van der Waals surface area contributed by atoms with Crippen LogP contribution in [0.4, 0.5) is 0 Å². The molecule has 0 spiro atoms. The molecule has 0 aromatic heterocycles. The van der Waals surface area contributed by atoms with E-state index in [-0.39, 0.29) is 18.0 Å². The van der Waals surface area contributed by atoms with Crippen molar-refractivity contribution in [3.05, 3.63) is 0 Å². The van der Waals surface area contributed by atoms with Crippen molar-refractivity contribution >= 4 is 5.97 Å². The zero-order valence-electron chi connectivity index (χ0n) is 6.59. The van der Waals surface area contributed by atoms with Gasteiger partial charge in [0.15, 0.2) is 0 Å². The van der Waals surface area contributed by atoms with E-state index in [0.29, 0.717) is 0 Å². The van der Waals surface area contributed by atoms with E-state index in [9.17, 15) is 4.79 Å². The summed E-state index contributed by atoms with van der Waals surface area (Å²) >= 11 is 0. The normalized spacial score (nSPS) is 33.6. The molecule has 0 aliphatic carbocycles. The second-order valence-electron chi connectivity index (χ2n) is 2.95. The molecule has 0 amide bonds. The Bertz CT molecular complexity index is 131. The standard InChI is InChI=1S/C8H14O2/c1-3-7-5-4-6(2)8(9)10-7/h6-7H,3-5H2,1-2H3. The predicted octanol–water partition coefficient (Wildman–Crippen LogP) is 1.74. The Balaban J connectivity index is 2.41. The third-order valence-electron chi connectivity index (χ3n) is 2.06. The molecule has 0 aromatic carbocycles. The van der Waals surface area contributed by atoms with Crippen LogP contribution in [0.3, 0.4) is 0 Å². The monoisotopic (exact) mass is 142 g/mol. The summed E-state index contributed by atoms with van der Waals surface area (Å²) in [6.07, 6.45) is 3.20. The van der Waals surface area contributed by atoms with Gasteiger partial charge in [0.05, 0.1) is 5.92 Å². The first kappa shape index (κ1) is 7.58. The van der Waals surface area contributed by atoms with Gasteiger partial charge in [-0.1, -0.05) is 13.8 Å². The average Bonchev–Trinajstić information content (AvgIpc) is 1.95. The first-order valence-electron chi connectivity index (χ1n) is 3.94. The summed E-state index contributed by atoms with van der Waals surface area (Å²) in [7, 11) is 0. The van der Waals surface area contributed by atoms with E-state index in [0.717, 1.165) is 19.3 Å². The molecular weight excluding hydrogens is 128 g/mol. The van der Waals surface area contributed by atoms with E-state index >= 15 is 0 Å². The second kappa shape index (κ2) is 3.04. The zero-order valence-corrected chi connectivity index (χ0v) is 6.59. The average molecular weight is 142 g/mol. The van der Waals surface area contributed by atoms with Gasteiger partial charge in [-0.2, -0.15) is 0 Å². The molecule has 2 unspecified atom stereocenters. The Labute approximate surface area is 61.6 Å². The van der Waals surface area contributed by atoms with Crippen LogP contribution in [0.25, 0.3) is 0 Å². The van der Waals surface area contributed by atoms with Gasteiger partial charge in [-0.25, -0.2) is 0 Å². The molecule has 2 atom stereocenters. The van der Waals surface area contributed by atoms with E-state index in [2.05, 4.69) is 0 Å². The summed E-state index contributed by atoms with van der Waals surface area (Å²) in [6, 6.07) is 0. The number of carbonyl (C=O) groups is 1. The number of cyclic esters (lactones) is 1. The van der Waals surface area contributed by atoms with Crippen LogP contribution in [0.2, 0.25) is 0 Å². The topological polar surface area (TPSA) is 26.3 Å². The fourth-order valence-corrected chi connectivity index (χ4v) is 1.18. The van der Waals surface area contributed by atoms with Crippen LogP contribution in [0.5, 0.6) is 0 Å².